The maximum Gasteiger partial charge on any atom is 0.252 e. The first-order chi connectivity index (χ1) is 24.3. The number of ether oxygens (including phenoxy) is 2. The smallest absolute Gasteiger partial charge is 0.252 e. The fraction of sp³-hybridized carbons (Fsp3) is 0.378. The summed E-state index contributed by atoms with van der Waals surface area (Å²) in [5.41, 5.74) is 4.57. The molecule has 9 nitrogen and oxygen atoms in total. The second-order valence-corrected chi connectivity index (χ2v) is 13.7. The number of fused-ring (bicyclic) bond motifs is 2. The van der Waals surface area contributed by atoms with E-state index in [0.29, 0.717) is 37.0 Å². The maximum absolute atomic E-state index is 14.6. The van der Waals surface area contributed by atoms with Crippen molar-refractivity contribution >= 4 is 34.7 Å². The van der Waals surface area contributed by atoms with Crippen LogP contribution in [0.5, 0.6) is 5.88 Å². The summed E-state index contributed by atoms with van der Waals surface area (Å²) in [6.45, 7) is 2.52. The minimum Gasteiger partial charge on any atom is -0.469 e. The van der Waals surface area contributed by atoms with Crippen molar-refractivity contribution in [2.45, 2.75) is 63.4 Å². The van der Waals surface area contributed by atoms with Crippen LogP contribution in [0.3, 0.4) is 0 Å². The summed E-state index contributed by atoms with van der Waals surface area (Å²) >= 11 is 12.7. The molecule has 3 aliphatic rings. The highest BCUT2D eigenvalue weighted by molar-refractivity contribution is 6.33. The maximum atomic E-state index is 14.6. The van der Waals surface area contributed by atoms with Crippen LogP contribution in [0, 0.1) is 11.6 Å². The van der Waals surface area contributed by atoms with Crippen LogP contribution in [0.4, 0.5) is 8.78 Å². The molecule has 2 aromatic carbocycles. The molecule has 2 fully saturated rings. The quantitative estimate of drug-likeness (QED) is 0.115. The molecule has 1 saturated heterocycles. The van der Waals surface area contributed by atoms with E-state index in [9.17, 15) is 13.6 Å². The molecule has 2 N–H and O–H groups in total. The number of amides is 1. The first-order valence-electron chi connectivity index (χ1n) is 16.7. The van der Waals surface area contributed by atoms with Gasteiger partial charge in [-0.05, 0) is 78.6 Å². The largest absolute Gasteiger partial charge is 0.469 e. The van der Waals surface area contributed by atoms with Gasteiger partial charge in [0, 0.05) is 74.4 Å². The number of rotatable bonds is 13. The lowest BCUT2D eigenvalue weighted by atomic mass is 9.84. The van der Waals surface area contributed by atoms with Gasteiger partial charge in [-0.25, -0.2) is 13.8 Å². The minimum atomic E-state index is -0.759. The fourth-order valence-electron chi connectivity index (χ4n) is 6.71. The summed E-state index contributed by atoms with van der Waals surface area (Å²) < 4.78 is 44.6. The number of hydrogen-bond donors (Lipinski definition) is 2. The third-order valence-corrected chi connectivity index (χ3v) is 10.1. The zero-order valence-electron chi connectivity index (χ0n) is 27.5. The molecule has 1 saturated carbocycles. The van der Waals surface area contributed by atoms with Gasteiger partial charge in [0.2, 0.25) is 5.88 Å². The van der Waals surface area contributed by atoms with Crippen molar-refractivity contribution in [3.8, 4) is 17.1 Å². The molecule has 4 aromatic rings. The monoisotopic (exact) mass is 723 g/mol. The van der Waals surface area contributed by atoms with Gasteiger partial charge in [-0.15, -0.1) is 0 Å². The molecule has 7 rings (SSSR count). The van der Waals surface area contributed by atoms with E-state index in [-0.39, 0.29) is 52.7 Å². The first kappa shape index (κ1) is 34.6. The number of aryl methyl sites for hydroxylation is 1. The van der Waals surface area contributed by atoms with E-state index in [1.807, 2.05) is 23.1 Å². The highest BCUT2D eigenvalue weighted by Crippen LogP contribution is 2.37. The Morgan fingerprint density at radius 2 is 1.92 bits per heavy atom. The number of piperazine rings is 1. The summed E-state index contributed by atoms with van der Waals surface area (Å²) in [6, 6.07) is 13.3. The summed E-state index contributed by atoms with van der Waals surface area (Å²) in [6.07, 6.45) is 6.10. The van der Waals surface area contributed by atoms with Gasteiger partial charge >= 0.3 is 0 Å². The van der Waals surface area contributed by atoms with E-state index >= 15 is 0 Å². The molecular formula is C37H37Cl2F2N5O4. The number of halogens is 4. The molecule has 13 heteroatoms. The van der Waals surface area contributed by atoms with Crippen molar-refractivity contribution in [2.24, 2.45) is 0 Å². The number of pyridine rings is 1. The van der Waals surface area contributed by atoms with Gasteiger partial charge in [0.25, 0.3) is 5.91 Å². The van der Waals surface area contributed by atoms with Crippen molar-refractivity contribution in [1.29, 1.82) is 0 Å². The minimum absolute atomic E-state index is 0.0132. The highest BCUT2D eigenvalue weighted by atomic mass is 35.5. The van der Waals surface area contributed by atoms with Gasteiger partial charge < -0.3 is 29.5 Å². The molecule has 2 atom stereocenters. The Morgan fingerprint density at radius 3 is 2.70 bits per heavy atom. The molecule has 1 amide bonds. The van der Waals surface area contributed by atoms with E-state index in [4.69, 9.17) is 37.2 Å². The van der Waals surface area contributed by atoms with Crippen molar-refractivity contribution in [2.75, 3.05) is 26.8 Å². The molecule has 262 valence electrons. The molecule has 50 heavy (non-hydrogen) atoms. The number of benzene rings is 2. The van der Waals surface area contributed by atoms with E-state index in [0.717, 1.165) is 66.6 Å². The Kier molecular flexibility index (Phi) is 10.5. The van der Waals surface area contributed by atoms with E-state index in [1.165, 1.54) is 11.6 Å². The second kappa shape index (κ2) is 15.2. The topological polar surface area (TPSA) is 102 Å². The number of aromatic nitrogens is 2. The number of hydrogen-bond acceptors (Lipinski definition) is 8. The average Bonchev–Trinajstić information content (AvgIpc) is 3.86. The summed E-state index contributed by atoms with van der Waals surface area (Å²) in [4.78, 5) is 21.1. The molecule has 2 bridgehead atoms. The van der Waals surface area contributed by atoms with Crippen LogP contribution in [-0.4, -0.2) is 65.9 Å². The summed E-state index contributed by atoms with van der Waals surface area (Å²) in [7, 11) is 1.70. The molecular weight excluding hydrogens is 687 g/mol. The molecule has 0 spiro atoms. The Hall–Kier alpha value is -3.87. The van der Waals surface area contributed by atoms with Crippen LogP contribution in [0.15, 0.2) is 64.8 Å². The number of methoxy groups -OCH3 is 1. The van der Waals surface area contributed by atoms with Crippen LogP contribution in [0.25, 0.3) is 16.8 Å². The van der Waals surface area contributed by atoms with E-state index in [2.05, 4.69) is 26.8 Å². The standard InChI is InChI=1S/C37H37Cl2F2N5O4/c1-48-12-2-3-21-4-8-28(38)23(13-21)19-46(25-6-7-25)37(47)34-27(14-24-17-42-18-32(34)44-24)22-5-11-33(43-16-22)49-20-26-15-31(45-50-26)35-29(40)9-10-30(41)36(35)39/h4-5,8-11,13,15-16,24-25,32,42,44H,2-3,6-7,12,14,17-20H2,1H3/t24-,32+/m0/s1. The van der Waals surface area contributed by atoms with E-state index in [1.54, 1.807) is 19.4 Å². The molecule has 2 aromatic heterocycles. The van der Waals surface area contributed by atoms with Gasteiger partial charge in [-0.2, -0.15) is 0 Å². The number of nitrogens with zero attached hydrogens (tertiary/aromatic N) is 3. The van der Waals surface area contributed by atoms with Crippen LogP contribution in [0.1, 0.15) is 48.1 Å². The second-order valence-electron chi connectivity index (χ2n) is 12.9. The molecule has 2 aliphatic heterocycles. The molecule has 0 unspecified atom stereocenters. The van der Waals surface area contributed by atoms with Crippen LogP contribution < -0.4 is 15.4 Å². The van der Waals surface area contributed by atoms with Gasteiger partial charge in [0.15, 0.2) is 12.4 Å². The Labute approximate surface area is 298 Å². The van der Waals surface area contributed by atoms with Gasteiger partial charge in [0.05, 0.1) is 16.6 Å². The SMILES string of the molecule is COCCCc1ccc(Cl)c(CN(C(=O)C2=C(c3ccc(OCc4cc(-c5c(F)ccc(F)c5Cl)no4)nc3)C[C@H]3CNC[C@H]2N3)C2CC2)c1. The molecule has 1 aliphatic carbocycles. The van der Waals surface area contributed by atoms with Crippen molar-refractivity contribution in [3.63, 3.8) is 0 Å². The van der Waals surface area contributed by atoms with Gasteiger partial charge in [-0.1, -0.05) is 40.5 Å². The van der Waals surface area contributed by atoms with Crippen molar-refractivity contribution in [1.82, 2.24) is 25.7 Å². The Balaban J connectivity index is 1.10. The van der Waals surface area contributed by atoms with E-state index < -0.39 is 11.6 Å². The number of carbonyl (C=O) groups excluding carboxylic acids is 1. The third kappa shape index (κ3) is 7.57. The lowest BCUT2D eigenvalue weighted by Gasteiger charge is -2.40. The lowest BCUT2D eigenvalue weighted by molar-refractivity contribution is -0.128. The summed E-state index contributed by atoms with van der Waals surface area (Å²) in [5.74, 6) is -0.859. The van der Waals surface area contributed by atoms with Crippen molar-refractivity contribution < 1.29 is 27.6 Å². The van der Waals surface area contributed by atoms with Crippen LogP contribution in [-0.2, 0) is 29.1 Å². The zero-order chi connectivity index (χ0) is 34.8. The Bertz CT molecular complexity index is 1900. The predicted molar refractivity (Wildman–Crippen MR) is 186 cm³/mol. The number of nitrogens with one attached hydrogen (secondary N) is 2. The summed E-state index contributed by atoms with van der Waals surface area (Å²) in [5, 5.41) is 11.3. The Morgan fingerprint density at radius 1 is 1.08 bits per heavy atom. The molecule has 4 heterocycles. The predicted octanol–water partition coefficient (Wildman–Crippen LogP) is 6.76. The highest BCUT2D eigenvalue weighted by Gasteiger charge is 2.41. The van der Waals surface area contributed by atoms with Crippen molar-refractivity contribution in [3.05, 3.63) is 104 Å². The third-order valence-electron chi connectivity index (χ3n) is 9.35. The number of carbonyl (C=O) groups is 1. The van der Waals surface area contributed by atoms with Crippen LogP contribution >= 0.6 is 23.2 Å². The first-order valence-corrected chi connectivity index (χ1v) is 17.5. The van der Waals surface area contributed by atoms with Crippen LogP contribution in [0.2, 0.25) is 10.0 Å². The molecule has 0 radical (unpaired) electrons. The average molecular weight is 725 g/mol. The zero-order valence-corrected chi connectivity index (χ0v) is 29.0. The van der Waals surface area contributed by atoms with Gasteiger partial charge in [-0.3, -0.25) is 4.79 Å². The van der Waals surface area contributed by atoms with Gasteiger partial charge in [0.1, 0.15) is 17.3 Å². The normalized spacial score (nSPS) is 18.7. The fourth-order valence-corrected chi connectivity index (χ4v) is 7.13. The lowest BCUT2D eigenvalue weighted by Crippen LogP contribution is -2.60.